The summed E-state index contributed by atoms with van der Waals surface area (Å²) in [5, 5.41) is 10.8. The Balaban J connectivity index is 1.55. The number of hydrogen-bond donors (Lipinski definition) is 1. The minimum Gasteiger partial charge on any atom is -0.491 e. The summed E-state index contributed by atoms with van der Waals surface area (Å²) in [6, 6.07) is 13.9. The van der Waals surface area contributed by atoms with Crippen molar-refractivity contribution in [3.8, 4) is 5.75 Å². The number of para-hydroxylation sites is 2. The number of aryl methyl sites for hydroxylation is 2. The van der Waals surface area contributed by atoms with E-state index >= 15 is 0 Å². The molecule has 1 saturated heterocycles. The Labute approximate surface area is 182 Å². The van der Waals surface area contributed by atoms with Crippen molar-refractivity contribution in [3.63, 3.8) is 0 Å². The number of rotatable bonds is 8. The summed E-state index contributed by atoms with van der Waals surface area (Å²) in [6.45, 7) is 9.45. The van der Waals surface area contributed by atoms with Crippen LogP contribution in [-0.2, 0) is 11.3 Å². The fourth-order valence-corrected chi connectivity index (χ4v) is 4.19. The number of amides is 1. The van der Waals surface area contributed by atoms with Crippen LogP contribution in [0.25, 0.3) is 11.0 Å². The van der Waals surface area contributed by atoms with Crippen LogP contribution in [0, 0.1) is 13.8 Å². The van der Waals surface area contributed by atoms with Gasteiger partial charge in [0.2, 0.25) is 5.91 Å². The standard InChI is InChI=1S/C25H29N3O3/c1-4-11-27-14-19(13-24(27)30)25-26-21-7-5-6-8-22(21)28(25)15-20(29)16-31-23-12-17(2)9-10-18(23)3/h4-10,12,19-20,29H,1,11,13-16H2,2-3H3/t19-,20-/m0/s1. The third-order valence-electron chi connectivity index (χ3n) is 5.78. The molecule has 4 rings (SSSR count). The SMILES string of the molecule is C=CCN1C[C@@H](c2nc3ccccc3n2C[C@H](O)COc2cc(C)ccc2C)CC1=O. The molecular weight excluding hydrogens is 390 g/mol. The van der Waals surface area contributed by atoms with E-state index in [1.165, 1.54) is 0 Å². The summed E-state index contributed by atoms with van der Waals surface area (Å²) >= 11 is 0. The molecule has 31 heavy (non-hydrogen) atoms. The monoisotopic (exact) mass is 419 g/mol. The zero-order chi connectivity index (χ0) is 22.0. The zero-order valence-electron chi connectivity index (χ0n) is 18.1. The number of carbonyl (C=O) groups excluding carboxylic acids is 1. The Morgan fingerprint density at radius 3 is 2.90 bits per heavy atom. The molecule has 0 unspecified atom stereocenters. The minimum absolute atomic E-state index is 0.00742. The third-order valence-corrected chi connectivity index (χ3v) is 5.78. The van der Waals surface area contributed by atoms with Crippen LogP contribution in [0.2, 0.25) is 0 Å². The largest absolute Gasteiger partial charge is 0.491 e. The molecule has 1 aliphatic rings. The summed E-state index contributed by atoms with van der Waals surface area (Å²) in [5.74, 6) is 1.73. The molecule has 2 heterocycles. The highest BCUT2D eigenvalue weighted by molar-refractivity contribution is 5.81. The van der Waals surface area contributed by atoms with Gasteiger partial charge in [0.25, 0.3) is 0 Å². The average Bonchev–Trinajstić information content (AvgIpc) is 3.29. The molecule has 1 amide bonds. The van der Waals surface area contributed by atoms with Gasteiger partial charge in [0.1, 0.15) is 24.3 Å². The summed E-state index contributed by atoms with van der Waals surface area (Å²) in [6.07, 6.45) is 1.46. The van der Waals surface area contributed by atoms with E-state index in [9.17, 15) is 9.90 Å². The number of aliphatic hydroxyl groups is 1. The fourth-order valence-electron chi connectivity index (χ4n) is 4.19. The van der Waals surface area contributed by atoms with Gasteiger partial charge in [-0.2, -0.15) is 0 Å². The number of hydrogen-bond acceptors (Lipinski definition) is 4. The van der Waals surface area contributed by atoms with Gasteiger partial charge in [0.15, 0.2) is 0 Å². The van der Waals surface area contributed by atoms with Crippen molar-refractivity contribution in [2.75, 3.05) is 19.7 Å². The van der Waals surface area contributed by atoms with E-state index in [0.717, 1.165) is 33.7 Å². The maximum absolute atomic E-state index is 12.4. The number of carbonyl (C=O) groups is 1. The van der Waals surface area contributed by atoms with E-state index in [-0.39, 0.29) is 18.4 Å². The van der Waals surface area contributed by atoms with Crippen LogP contribution < -0.4 is 4.74 Å². The van der Waals surface area contributed by atoms with Crippen LogP contribution in [0.3, 0.4) is 0 Å². The van der Waals surface area contributed by atoms with Crippen molar-refractivity contribution in [2.24, 2.45) is 0 Å². The molecule has 3 aromatic rings. The van der Waals surface area contributed by atoms with Gasteiger partial charge >= 0.3 is 0 Å². The summed E-state index contributed by atoms with van der Waals surface area (Å²) < 4.78 is 7.96. The molecule has 0 spiro atoms. The summed E-state index contributed by atoms with van der Waals surface area (Å²) in [5.41, 5.74) is 3.99. The Morgan fingerprint density at radius 2 is 2.10 bits per heavy atom. The number of imidazole rings is 1. The number of fused-ring (bicyclic) bond motifs is 1. The lowest BCUT2D eigenvalue weighted by molar-refractivity contribution is -0.127. The van der Waals surface area contributed by atoms with Gasteiger partial charge in [0, 0.05) is 25.4 Å². The van der Waals surface area contributed by atoms with Crippen LogP contribution in [0.1, 0.15) is 29.3 Å². The molecule has 2 aromatic carbocycles. The van der Waals surface area contributed by atoms with Crippen LogP contribution >= 0.6 is 0 Å². The van der Waals surface area contributed by atoms with E-state index in [0.29, 0.717) is 26.1 Å². The molecule has 0 aliphatic carbocycles. The molecule has 1 fully saturated rings. The van der Waals surface area contributed by atoms with Gasteiger partial charge in [-0.1, -0.05) is 30.3 Å². The molecule has 0 bridgehead atoms. The first kappa shape index (κ1) is 21.1. The normalized spacial score (nSPS) is 17.3. The van der Waals surface area contributed by atoms with E-state index in [1.807, 2.05) is 60.9 Å². The van der Waals surface area contributed by atoms with Gasteiger partial charge in [-0.05, 0) is 43.2 Å². The molecule has 0 saturated carbocycles. The van der Waals surface area contributed by atoms with Crippen molar-refractivity contribution in [3.05, 3.63) is 72.1 Å². The fraction of sp³-hybridized carbons (Fsp3) is 0.360. The number of nitrogens with zero attached hydrogens (tertiary/aromatic N) is 3. The van der Waals surface area contributed by atoms with Crippen molar-refractivity contribution >= 4 is 16.9 Å². The number of aliphatic hydroxyl groups excluding tert-OH is 1. The Bertz CT molecular complexity index is 1100. The lowest BCUT2D eigenvalue weighted by atomic mass is 10.1. The van der Waals surface area contributed by atoms with Gasteiger partial charge in [-0.3, -0.25) is 4.79 Å². The lowest BCUT2D eigenvalue weighted by Crippen LogP contribution is -2.27. The average molecular weight is 420 g/mol. The number of ether oxygens (including phenoxy) is 1. The molecular formula is C25H29N3O3. The number of aromatic nitrogens is 2. The maximum Gasteiger partial charge on any atom is 0.223 e. The predicted octanol–water partition coefficient (Wildman–Crippen LogP) is 3.59. The molecule has 1 aliphatic heterocycles. The van der Waals surface area contributed by atoms with Crippen LogP contribution in [0.5, 0.6) is 5.75 Å². The molecule has 162 valence electrons. The van der Waals surface area contributed by atoms with E-state index in [4.69, 9.17) is 9.72 Å². The highest BCUT2D eigenvalue weighted by Gasteiger charge is 2.33. The highest BCUT2D eigenvalue weighted by Crippen LogP contribution is 2.30. The second-order valence-electron chi connectivity index (χ2n) is 8.29. The molecule has 6 nitrogen and oxygen atoms in total. The molecule has 6 heteroatoms. The molecule has 0 radical (unpaired) electrons. The quantitative estimate of drug-likeness (QED) is 0.567. The van der Waals surface area contributed by atoms with Crippen LogP contribution in [0.15, 0.2) is 55.1 Å². The third kappa shape index (κ3) is 4.49. The van der Waals surface area contributed by atoms with Crippen molar-refractivity contribution < 1.29 is 14.6 Å². The molecule has 1 aromatic heterocycles. The summed E-state index contributed by atoms with van der Waals surface area (Å²) in [4.78, 5) is 19.0. The van der Waals surface area contributed by atoms with Crippen LogP contribution in [-0.4, -0.2) is 51.3 Å². The van der Waals surface area contributed by atoms with Crippen molar-refractivity contribution in [1.29, 1.82) is 0 Å². The second-order valence-corrected chi connectivity index (χ2v) is 8.29. The van der Waals surface area contributed by atoms with E-state index in [1.54, 1.807) is 11.0 Å². The van der Waals surface area contributed by atoms with Gasteiger partial charge in [-0.25, -0.2) is 4.98 Å². The smallest absolute Gasteiger partial charge is 0.223 e. The number of likely N-dealkylation sites (tertiary alicyclic amines) is 1. The Kier molecular flexibility index (Phi) is 6.09. The zero-order valence-corrected chi connectivity index (χ0v) is 18.1. The lowest BCUT2D eigenvalue weighted by Gasteiger charge is -2.19. The predicted molar refractivity (Wildman–Crippen MR) is 121 cm³/mol. The van der Waals surface area contributed by atoms with Crippen molar-refractivity contribution in [2.45, 2.75) is 38.8 Å². The van der Waals surface area contributed by atoms with Gasteiger partial charge < -0.3 is 19.3 Å². The Hall–Kier alpha value is -3.12. The van der Waals surface area contributed by atoms with E-state index < -0.39 is 6.10 Å². The first-order chi connectivity index (χ1) is 15.0. The van der Waals surface area contributed by atoms with Crippen LogP contribution in [0.4, 0.5) is 0 Å². The first-order valence-electron chi connectivity index (χ1n) is 10.7. The maximum atomic E-state index is 12.4. The first-order valence-corrected chi connectivity index (χ1v) is 10.7. The van der Waals surface area contributed by atoms with E-state index in [2.05, 4.69) is 6.58 Å². The van der Waals surface area contributed by atoms with Gasteiger partial charge in [-0.15, -0.1) is 6.58 Å². The topological polar surface area (TPSA) is 67.6 Å². The highest BCUT2D eigenvalue weighted by atomic mass is 16.5. The molecule has 1 N–H and O–H groups in total. The van der Waals surface area contributed by atoms with Crippen molar-refractivity contribution in [1.82, 2.24) is 14.5 Å². The molecule has 2 atom stereocenters. The summed E-state index contributed by atoms with van der Waals surface area (Å²) in [7, 11) is 0. The van der Waals surface area contributed by atoms with Gasteiger partial charge in [0.05, 0.1) is 17.6 Å². The Morgan fingerprint density at radius 1 is 1.29 bits per heavy atom. The number of benzene rings is 2. The second kappa shape index (κ2) is 8.94. The minimum atomic E-state index is -0.711.